The molecule has 0 radical (unpaired) electrons. The molecule has 1 atom stereocenters. The van der Waals surface area contributed by atoms with E-state index in [-0.39, 0.29) is 6.10 Å². The zero-order chi connectivity index (χ0) is 13.8. The molecule has 20 heavy (non-hydrogen) atoms. The second-order valence-corrected chi connectivity index (χ2v) is 5.45. The minimum Gasteiger partial charge on any atom is -0.496 e. The van der Waals surface area contributed by atoms with Gasteiger partial charge in [0.1, 0.15) is 5.75 Å². The number of hydrogen-bond donors (Lipinski definition) is 1. The lowest BCUT2D eigenvalue weighted by molar-refractivity contribution is 0.0261. The van der Waals surface area contributed by atoms with Gasteiger partial charge in [0, 0.05) is 31.9 Å². The normalized spacial score (nSPS) is 24.6. The Hall–Kier alpha value is -1.10. The highest BCUT2D eigenvalue weighted by Gasteiger charge is 2.22. The molecule has 4 heteroatoms. The van der Waals surface area contributed by atoms with Gasteiger partial charge in [-0.1, -0.05) is 6.07 Å². The van der Waals surface area contributed by atoms with Gasteiger partial charge in [-0.25, -0.2) is 0 Å². The molecule has 0 saturated carbocycles. The summed E-state index contributed by atoms with van der Waals surface area (Å²) in [7, 11) is 1.73. The van der Waals surface area contributed by atoms with Gasteiger partial charge < -0.3 is 19.5 Å². The molecule has 0 spiro atoms. The van der Waals surface area contributed by atoms with Crippen molar-refractivity contribution in [2.24, 2.45) is 0 Å². The highest BCUT2D eigenvalue weighted by Crippen LogP contribution is 2.34. The number of hydrogen-bond acceptors (Lipinski definition) is 4. The molecular weight excluding hydrogens is 254 g/mol. The van der Waals surface area contributed by atoms with Crippen molar-refractivity contribution < 1.29 is 14.2 Å². The summed E-state index contributed by atoms with van der Waals surface area (Å²) in [4.78, 5) is 0. The third-order valence-electron chi connectivity index (χ3n) is 4.22. The Balaban J connectivity index is 1.85. The molecule has 2 fully saturated rings. The highest BCUT2D eigenvalue weighted by molar-refractivity contribution is 5.40. The van der Waals surface area contributed by atoms with Crippen molar-refractivity contribution in [3.05, 3.63) is 29.3 Å². The molecule has 2 heterocycles. The van der Waals surface area contributed by atoms with Crippen LogP contribution >= 0.6 is 0 Å². The Kier molecular flexibility index (Phi) is 4.55. The second kappa shape index (κ2) is 6.57. The van der Waals surface area contributed by atoms with E-state index in [9.17, 15) is 0 Å². The quantitative estimate of drug-likeness (QED) is 0.920. The van der Waals surface area contributed by atoms with Crippen LogP contribution in [0.15, 0.2) is 18.2 Å². The molecule has 4 nitrogen and oxygen atoms in total. The SMILES string of the molecule is COc1ccc(C2CCOCC2)cc1C1CNCCO1. The van der Waals surface area contributed by atoms with E-state index < -0.39 is 0 Å². The molecule has 0 amide bonds. The van der Waals surface area contributed by atoms with Gasteiger partial charge in [0.05, 0.1) is 19.8 Å². The smallest absolute Gasteiger partial charge is 0.124 e. The lowest BCUT2D eigenvalue weighted by Gasteiger charge is -2.28. The molecule has 1 aromatic carbocycles. The van der Waals surface area contributed by atoms with E-state index in [0.29, 0.717) is 5.92 Å². The summed E-state index contributed by atoms with van der Waals surface area (Å²) in [5, 5.41) is 3.38. The predicted molar refractivity (Wildman–Crippen MR) is 77.4 cm³/mol. The van der Waals surface area contributed by atoms with Crippen LogP contribution in [0, 0.1) is 0 Å². The lowest BCUT2D eigenvalue weighted by atomic mass is 9.89. The maximum Gasteiger partial charge on any atom is 0.124 e. The fraction of sp³-hybridized carbons (Fsp3) is 0.625. The van der Waals surface area contributed by atoms with E-state index in [1.54, 1.807) is 7.11 Å². The van der Waals surface area contributed by atoms with Gasteiger partial charge in [-0.3, -0.25) is 0 Å². The summed E-state index contributed by atoms with van der Waals surface area (Å²) in [5.41, 5.74) is 2.56. The Labute approximate surface area is 120 Å². The van der Waals surface area contributed by atoms with Gasteiger partial charge in [-0.15, -0.1) is 0 Å². The van der Waals surface area contributed by atoms with Crippen molar-refractivity contribution >= 4 is 0 Å². The van der Waals surface area contributed by atoms with Crippen molar-refractivity contribution in [2.45, 2.75) is 24.9 Å². The average molecular weight is 277 g/mol. The highest BCUT2D eigenvalue weighted by atomic mass is 16.5. The van der Waals surface area contributed by atoms with Gasteiger partial charge in [0.25, 0.3) is 0 Å². The molecule has 3 rings (SSSR count). The first-order chi connectivity index (χ1) is 9.88. The summed E-state index contributed by atoms with van der Waals surface area (Å²) >= 11 is 0. The summed E-state index contributed by atoms with van der Waals surface area (Å²) in [6.07, 6.45) is 2.31. The van der Waals surface area contributed by atoms with E-state index >= 15 is 0 Å². The predicted octanol–water partition coefficient (Wildman–Crippen LogP) is 2.25. The summed E-state index contributed by atoms with van der Waals surface area (Å²) in [6.45, 7) is 4.28. The second-order valence-electron chi connectivity index (χ2n) is 5.45. The molecule has 1 aromatic rings. The van der Waals surface area contributed by atoms with Crippen LogP contribution in [0.4, 0.5) is 0 Å². The molecular formula is C16H23NO3. The van der Waals surface area contributed by atoms with E-state index in [0.717, 1.165) is 51.5 Å². The Morgan fingerprint density at radius 3 is 2.75 bits per heavy atom. The summed E-state index contributed by atoms with van der Waals surface area (Å²) in [5.74, 6) is 1.53. The number of nitrogens with one attached hydrogen (secondary N) is 1. The largest absolute Gasteiger partial charge is 0.496 e. The molecule has 2 aliphatic rings. The number of morpholine rings is 1. The van der Waals surface area contributed by atoms with Gasteiger partial charge in [0.2, 0.25) is 0 Å². The van der Waals surface area contributed by atoms with E-state index in [4.69, 9.17) is 14.2 Å². The van der Waals surface area contributed by atoms with Crippen molar-refractivity contribution in [1.29, 1.82) is 0 Å². The van der Waals surface area contributed by atoms with Crippen molar-refractivity contribution in [2.75, 3.05) is 40.0 Å². The van der Waals surface area contributed by atoms with E-state index in [1.165, 1.54) is 11.1 Å². The fourth-order valence-corrected chi connectivity index (χ4v) is 3.05. The van der Waals surface area contributed by atoms with Gasteiger partial charge in [-0.2, -0.15) is 0 Å². The maximum absolute atomic E-state index is 5.88. The van der Waals surface area contributed by atoms with Gasteiger partial charge >= 0.3 is 0 Å². The molecule has 0 bridgehead atoms. The minimum atomic E-state index is 0.0958. The zero-order valence-corrected chi connectivity index (χ0v) is 12.1. The molecule has 2 aliphatic heterocycles. The maximum atomic E-state index is 5.88. The number of benzene rings is 1. The Bertz CT molecular complexity index is 437. The Morgan fingerprint density at radius 2 is 2.05 bits per heavy atom. The number of ether oxygens (including phenoxy) is 3. The van der Waals surface area contributed by atoms with E-state index in [2.05, 4.69) is 23.5 Å². The summed E-state index contributed by atoms with van der Waals surface area (Å²) < 4.78 is 16.8. The molecule has 1 unspecified atom stereocenters. The molecule has 0 aromatic heterocycles. The Morgan fingerprint density at radius 1 is 1.20 bits per heavy atom. The minimum absolute atomic E-state index is 0.0958. The molecule has 0 aliphatic carbocycles. The van der Waals surface area contributed by atoms with Crippen molar-refractivity contribution in [1.82, 2.24) is 5.32 Å². The first kappa shape index (κ1) is 13.9. The van der Waals surface area contributed by atoms with Crippen molar-refractivity contribution in [3.63, 3.8) is 0 Å². The third kappa shape index (κ3) is 2.97. The first-order valence-electron chi connectivity index (χ1n) is 7.46. The number of rotatable bonds is 3. The fourth-order valence-electron chi connectivity index (χ4n) is 3.05. The summed E-state index contributed by atoms with van der Waals surface area (Å²) in [6, 6.07) is 6.54. The standard InChI is InChI=1S/C16H23NO3/c1-18-15-3-2-13(12-4-7-19-8-5-12)10-14(15)16-11-17-6-9-20-16/h2-3,10,12,16-17H,4-9,11H2,1H3. The van der Waals surface area contributed by atoms with Crippen LogP contribution in [-0.4, -0.2) is 40.0 Å². The van der Waals surface area contributed by atoms with Crippen LogP contribution in [0.5, 0.6) is 5.75 Å². The number of methoxy groups -OCH3 is 1. The lowest BCUT2D eigenvalue weighted by Crippen LogP contribution is -2.33. The van der Waals surface area contributed by atoms with Crippen molar-refractivity contribution in [3.8, 4) is 5.75 Å². The topological polar surface area (TPSA) is 39.7 Å². The van der Waals surface area contributed by atoms with Crippen LogP contribution in [0.2, 0.25) is 0 Å². The van der Waals surface area contributed by atoms with Crippen LogP contribution in [-0.2, 0) is 9.47 Å². The van der Waals surface area contributed by atoms with E-state index in [1.807, 2.05) is 0 Å². The molecule has 1 N–H and O–H groups in total. The third-order valence-corrected chi connectivity index (χ3v) is 4.22. The van der Waals surface area contributed by atoms with Crippen LogP contribution < -0.4 is 10.1 Å². The van der Waals surface area contributed by atoms with Crippen LogP contribution in [0.1, 0.15) is 36.0 Å². The van der Waals surface area contributed by atoms with Gasteiger partial charge in [-0.05, 0) is 36.5 Å². The molecule has 110 valence electrons. The monoisotopic (exact) mass is 277 g/mol. The zero-order valence-electron chi connectivity index (χ0n) is 12.1. The van der Waals surface area contributed by atoms with Crippen LogP contribution in [0.3, 0.4) is 0 Å². The van der Waals surface area contributed by atoms with Gasteiger partial charge in [0.15, 0.2) is 0 Å². The average Bonchev–Trinajstić information content (AvgIpc) is 2.56. The first-order valence-corrected chi connectivity index (χ1v) is 7.46. The van der Waals surface area contributed by atoms with Crippen LogP contribution in [0.25, 0.3) is 0 Å². The molecule has 2 saturated heterocycles.